The maximum Gasteiger partial charge on any atom is 0.335 e. The van der Waals surface area contributed by atoms with Crippen molar-refractivity contribution >= 4 is 5.97 Å². The Kier molecular flexibility index (Phi) is 9.63. The third-order valence-electron chi connectivity index (χ3n) is 4.72. The molecule has 0 spiro atoms. The summed E-state index contributed by atoms with van der Waals surface area (Å²) in [6.07, 6.45) is 12.7. The van der Waals surface area contributed by atoms with Crippen molar-refractivity contribution in [1.29, 1.82) is 0 Å². The number of hydrogen-bond acceptors (Lipinski definition) is 2. The SMILES string of the molecule is C/C=C/CC(C)c1cc(C(=O)O)cc(CC/C=C(\C)CCC=C(C)C)c1O. The molecule has 0 aliphatic carbocycles. The first-order chi connectivity index (χ1) is 12.8. The second kappa shape index (κ2) is 11.4. The second-order valence-electron chi connectivity index (χ2n) is 7.49. The minimum Gasteiger partial charge on any atom is -0.507 e. The lowest BCUT2D eigenvalue weighted by molar-refractivity contribution is 0.0696. The van der Waals surface area contributed by atoms with Crippen LogP contribution in [0.15, 0.2) is 47.6 Å². The van der Waals surface area contributed by atoms with Crippen molar-refractivity contribution in [2.75, 3.05) is 0 Å². The van der Waals surface area contributed by atoms with Crippen LogP contribution in [0.4, 0.5) is 0 Å². The minimum absolute atomic E-state index is 0.0700. The van der Waals surface area contributed by atoms with Gasteiger partial charge in [-0.3, -0.25) is 0 Å². The fraction of sp³-hybridized carbons (Fsp3) is 0.458. The van der Waals surface area contributed by atoms with Crippen LogP contribution in [0.2, 0.25) is 0 Å². The van der Waals surface area contributed by atoms with E-state index in [1.807, 2.05) is 26.0 Å². The molecule has 0 bridgehead atoms. The van der Waals surface area contributed by atoms with Crippen molar-refractivity contribution in [3.8, 4) is 5.75 Å². The van der Waals surface area contributed by atoms with Gasteiger partial charge in [0, 0.05) is 0 Å². The highest BCUT2D eigenvalue weighted by Gasteiger charge is 2.17. The lowest BCUT2D eigenvalue weighted by Crippen LogP contribution is -2.03. The number of phenolic OH excluding ortho intramolecular Hbond substituents is 1. The summed E-state index contributed by atoms with van der Waals surface area (Å²) in [7, 11) is 0. The predicted octanol–water partition coefficient (Wildman–Crippen LogP) is 6.79. The highest BCUT2D eigenvalue weighted by molar-refractivity contribution is 5.88. The lowest BCUT2D eigenvalue weighted by Gasteiger charge is -2.16. The van der Waals surface area contributed by atoms with Crippen LogP contribution in [-0.2, 0) is 6.42 Å². The van der Waals surface area contributed by atoms with Gasteiger partial charge in [0.15, 0.2) is 0 Å². The van der Waals surface area contributed by atoms with Gasteiger partial charge in [-0.1, -0.05) is 42.4 Å². The Morgan fingerprint density at radius 1 is 1.15 bits per heavy atom. The number of phenols is 1. The number of aryl methyl sites for hydroxylation is 1. The molecule has 0 saturated carbocycles. The molecule has 3 nitrogen and oxygen atoms in total. The van der Waals surface area contributed by atoms with Crippen molar-refractivity contribution in [3.05, 3.63) is 64.3 Å². The molecule has 0 aliphatic rings. The number of aromatic carboxylic acids is 1. The molecule has 0 fully saturated rings. The summed E-state index contributed by atoms with van der Waals surface area (Å²) in [5.41, 5.74) is 4.33. The molecule has 3 heteroatoms. The van der Waals surface area contributed by atoms with Gasteiger partial charge in [-0.15, -0.1) is 0 Å². The number of benzene rings is 1. The summed E-state index contributed by atoms with van der Waals surface area (Å²) in [5.74, 6) is -0.641. The largest absolute Gasteiger partial charge is 0.507 e. The third kappa shape index (κ3) is 7.86. The molecule has 0 aliphatic heterocycles. The summed E-state index contributed by atoms with van der Waals surface area (Å²) < 4.78 is 0. The first kappa shape index (κ1) is 22.8. The molecular formula is C24H34O3. The van der Waals surface area contributed by atoms with Gasteiger partial charge >= 0.3 is 5.97 Å². The maximum atomic E-state index is 11.5. The van der Waals surface area contributed by atoms with Crippen LogP contribution in [0.5, 0.6) is 5.75 Å². The molecule has 0 heterocycles. The Hall–Kier alpha value is -2.29. The van der Waals surface area contributed by atoms with E-state index in [1.54, 1.807) is 12.1 Å². The van der Waals surface area contributed by atoms with E-state index in [0.29, 0.717) is 17.5 Å². The number of carbonyl (C=O) groups is 1. The Morgan fingerprint density at radius 2 is 1.85 bits per heavy atom. The van der Waals surface area contributed by atoms with E-state index in [4.69, 9.17) is 0 Å². The third-order valence-corrected chi connectivity index (χ3v) is 4.72. The Bertz CT molecular complexity index is 719. The fourth-order valence-electron chi connectivity index (χ4n) is 3.04. The van der Waals surface area contributed by atoms with Crippen molar-refractivity contribution < 1.29 is 15.0 Å². The van der Waals surface area contributed by atoms with E-state index in [0.717, 1.165) is 25.7 Å². The van der Waals surface area contributed by atoms with E-state index < -0.39 is 5.97 Å². The second-order valence-corrected chi connectivity index (χ2v) is 7.49. The van der Waals surface area contributed by atoms with E-state index in [2.05, 4.69) is 32.9 Å². The van der Waals surface area contributed by atoms with Crippen molar-refractivity contribution in [1.82, 2.24) is 0 Å². The van der Waals surface area contributed by atoms with E-state index >= 15 is 0 Å². The van der Waals surface area contributed by atoms with Crippen LogP contribution in [0.1, 0.15) is 87.7 Å². The summed E-state index contributed by atoms with van der Waals surface area (Å²) in [5, 5.41) is 20.1. The molecule has 0 amide bonds. The van der Waals surface area contributed by atoms with Crippen molar-refractivity contribution in [2.45, 2.75) is 72.6 Å². The first-order valence-electron chi connectivity index (χ1n) is 9.75. The minimum atomic E-state index is -0.954. The van der Waals surface area contributed by atoms with Crippen molar-refractivity contribution in [3.63, 3.8) is 0 Å². The Morgan fingerprint density at radius 3 is 2.44 bits per heavy atom. The molecule has 1 aromatic rings. The van der Waals surface area contributed by atoms with Gasteiger partial charge in [0.1, 0.15) is 5.75 Å². The molecule has 148 valence electrons. The van der Waals surface area contributed by atoms with E-state index in [9.17, 15) is 15.0 Å². The summed E-state index contributed by atoms with van der Waals surface area (Å²) >= 11 is 0. The first-order valence-corrected chi connectivity index (χ1v) is 9.75. The van der Waals surface area contributed by atoms with Gasteiger partial charge in [-0.05, 0) is 89.0 Å². The smallest absolute Gasteiger partial charge is 0.335 e. The average molecular weight is 371 g/mol. The van der Waals surface area contributed by atoms with E-state index in [1.165, 1.54) is 11.1 Å². The summed E-state index contributed by atoms with van der Waals surface area (Å²) in [6, 6.07) is 3.21. The summed E-state index contributed by atoms with van der Waals surface area (Å²) in [6.45, 7) is 10.3. The highest BCUT2D eigenvalue weighted by Crippen LogP contribution is 2.33. The fourth-order valence-corrected chi connectivity index (χ4v) is 3.04. The standard InChI is InChI=1S/C24H34O3/c1-6-7-13-19(5)22-16-21(24(26)27)15-20(23(22)25)14-9-12-18(4)11-8-10-17(2)3/h6-7,10,12,15-16,19,25H,8-9,11,13-14H2,1-5H3,(H,26,27)/b7-6+,18-12+. The molecule has 27 heavy (non-hydrogen) atoms. The van der Waals surface area contributed by atoms with Crippen LogP contribution in [0.25, 0.3) is 0 Å². The topological polar surface area (TPSA) is 57.5 Å². The molecule has 1 unspecified atom stereocenters. The number of carboxylic acids is 1. The average Bonchev–Trinajstić information content (AvgIpc) is 2.60. The number of allylic oxidation sites excluding steroid dienone is 6. The van der Waals surface area contributed by atoms with Crippen LogP contribution < -0.4 is 0 Å². The number of carboxylic acid groups (broad SMARTS) is 1. The van der Waals surface area contributed by atoms with Gasteiger partial charge in [-0.2, -0.15) is 0 Å². The zero-order valence-corrected chi connectivity index (χ0v) is 17.4. The number of rotatable bonds is 10. The van der Waals surface area contributed by atoms with E-state index in [-0.39, 0.29) is 17.2 Å². The van der Waals surface area contributed by atoms with Gasteiger partial charge < -0.3 is 10.2 Å². The number of aromatic hydroxyl groups is 1. The molecule has 0 radical (unpaired) electrons. The predicted molar refractivity (Wildman–Crippen MR) is 114 cm³/mol. The van der Waals surface area contributed by atoms with Gasteiger partial charge in [-0.25, -0.2) is 4.79 Å². The van der Waals surface area contributed by atoms with Crippen molar-refractivity contribution in [2.24, 2.45) is 0 Å². The maximum absolute atomic E-state index is 11.5. The zero-order chi connectivity index (χ0) is 20.4. The Balaban J connectivity index is 2.94. The highest BCUT2D eigenvalue weighted by atomic mass is 16.4. The molecule has 0 aromatic heterocycles. The molecular weight excluding hydrogens is 336 g/mol. The molecule has 2 N–H and O–H groups in total. The molecule has 1 atom stereocenters. The van der Waals surface area contributed by atoms with Gasteiger partial charge in [0.2, 0.25) is 0 Å². The Labute approximate surface area is 164 Å². The van der Waals surface area contributed by atoms with Gasteiger partial charge in [0.05, 0.1) is 5.56 Å². The van der Waals surface area contributed by atoms with Gasteiger partial charge in [0.25, 0.3) is 0 Å². The molecule has 1 aromatic carbocycles. The van der Waals surface area contributed by atoms with Crippen LogP contribution in [-0.4, -0.2) is 16.2 Å². The zero-order valence-electron chi connectivity index (χ0n) is 17.4. The normalized spacial score (nSPS) is 13.0. The number of hydrogen-bond donors (Lipinski definition) is 2. The quantitative estimate of drug-likeness (QED) is 0.446. The van der Waals surface area contributed by atoms with Crippen LogP contribution >= 0.6 is 0 Å². The molecule has 0 saturated heterocycles. The van der Waals surface area contributed by atoms with Crippen LogP contribution in [0, 0.1) is 0 Å². The summed E-state index contributed by atoms with van der Waals surface area (Å²) in [4.78, 5) is 11.5. The lowest BCUT2D eigenvalue weighted by atomic mass is 9.91. The van der Waals surface area contributed by atoms with Crippen LogP contribution in [0.3, 0.4) is 0 Å². The monoisotopic (exact) mass is 370 g/mol. The molecule has 1 rings (SSSR count).